The monoisotopic (exact) mass is 276 g/mol. The van der Waals surface area contributed by atoms with E-state index in [1.165, 1.54) is 19.1 Å². The first-order chi connectivity index (χ1) is 8.35. The molecule has 0 aromatic heterocycles. The number of ether oxygens (including phenoxy) is 1. The summed E-state index contributed by atoms with van der Waals surface area (Å²) in [4.78, 5) is 0. The third-order valence-corrected chi connectivity index (χ3v) is 4.19. The predicted molar refractivity (Wildman–Crippen MR) is 66.9 cm³/mol. The molecule has 0 saturated carbocycles. The minimum absolute atomic E-state index is 0.0444. The van der Waals surface area contributed by atoms with E-state index in [1.807, 2.05) is 0 Å². The molecule has 1 atom stereocenters. The topological polar surface area (TPSA) is 63.6 Å². The van der Waals surface area contributed by atoms with E-state index in [2.05, 4.69) is 0 Å². The van der Waals surface area contributed by atoms with Crippen LogP contribution in [0, 0.1) is 5.82 Å². The van der Waals surface area contributed by atoms with Crippen LogP contribution in [0.5, 0.6) is 5.75 Å². The lowest BCUT2D eigenvalue weighted by Gasteiger charge is -2.13. The van der Waals surface area contributed by atoms with Gasteiger partial charge in [0.1, 0.15) is 18.2 Å². The first-order valence-electron chi connectivity index (χ1n) is 5.66. The first kappa shape index (κ1) is 14.9. The van der Waals surface area contributed by atoms with Crippen LogP contribution < -0.4 is 4.74 Å². The van der Waals surface area contributed by atoms with Gasteiger partial charge >= 0.3 is 0 Å². The molecule has 1 aromatic rings. The highest BCUT2D eigenvalue weighted by atomic mass is 32.2. The van der Waals surface area contributed by atoms with E-state index in [0.717, 1.165) is 6.07 Å². The fraction of sp³-hybridized carbons (Fsp3) is 0.500. The number of rotatable bonds is 6. The number of benzene rings is 1. The smallest absolute Gasteiger partial charge is 0.153 e. The number of halogens is 1. The molecule has 0 bridgehead atoms. The summed E-state index contributed by atoms with van der Waals surface area (Å²) in [6, 6.07) is 3.78. The zero-order chi connectivity index (χ0) is 13.8. The summed E-state index contributed by atoms with van der Waals surface area (Å²) in [6.45, 7) is 3.03. The molecule has 0 aliphatic rings. The maximum atomic E-state index is 13.1. The fourth-order valence-electron chi connectivity index (χ4n) is 1.40. The molecule has 0 unspecified atom stereocenters. The number of hydrogen-bond acceptors (Lipinski definition) is 4. The third kappa shape index (κ3) is 4.27. The van der Waals surface area contributed by atoms with Crippen molar-refractivity contribution in [2.45, 2.75) is 20.0 Å². The van der Waals surface area contributed by atoms with Crippen LogP contribution in [-0.2, 0) is 9.84 Å². The summed E-state index contributed by atoms with van der Waals surface area (Å²) in [6.07, 6.45) is -0.802. The molecule has 1 rings (SSSR count). The largest absolute Gasteiger partial charge is 0.492 e. The van der Waals surface area contributed by atoms with Crippen LogP contribution in [0.3, 0.4) is 0 Å². The summed E-state index contributed by atoms with van der Waals surface area (Å²) < 4.78 is 40.8. The molecule has 0 aliphatic carbocycles. The lowest BCUT2D eigenvalue weighted by Crippen LogP contribution is -2.16. The lowest BCUT2D eigenvalue weighted by atomic mass is 10.1. The van der Waals surface area contributed by atoms with Gasteiger partial charge in [-0.15, -0.1) is 0 Å². The molecule has 1 N–H and O–H groups in total. The SMILES string of the molecule is CCS(=O)(=O)CCOc1cc(F)ccc1[C@@H](C)O. The number of aliphatic hydroxyl groups excluding tert-OH is 1. The highest BCUT2D eigenvalue weighted by molar-refractivity contribution is 7.91. The Labute approximate surface area is 106 Å². The van der Waals surface area contributed by atoms with Crippen molar-refractivity contribution in [2.75, 3.05) is 18.1 Å². The molecular formula is C12H17FO4S. The minimum Gasteiger partial charge on any atom is -0.492 e. The van der Waals surface area contributed by atoms with Crippen molar-refractivity contribution in [3.8, 4) is 5.75 Å². The number of hydrogen-bond donors (Lipinski definition) is 1. The molecule has 1 aromatic carbocycles. The molecular weight excluding hydrogens is 259 g/mol. The van der Waals surface area contributed by atoms with Crippen molar-refractivity contribution in [3.05, 3.63) is 29.6 Å². The van der Waals surface area contributed by atoms with Gasteiger partial charge in [-0.2, -0.15) is 0 Å². The van der Waals surface area contributed by atoms with Crippen LogP contribution in [-0.4, -0.2) is 31.6 Å². The summed E-state index contributed by atoms with van der Waals surface area (Å²) in [5, 5.41) is 9.48. The van der Waals surface area contributed by atoms with Crippen molar-refractivity contribution >= 4 is 9.84 Å². The van der Waals surface area contributed by atoms with E-state index in [1.54, 1.807) is 6.92 Å². The van der Waals surface area contributed by atoms with E-state index in [4.69, 9.17) is 4.74 Å². The van der Waals surface area contributed by atoms with Gasteiger partial charge in [-0.1, -0.05) is 6.92 Å². The Morgan fingerprint density at radius 1 is 1.44 bits per heavy atom. The van der Waals surface area contributed by atoms with E-state index in [0.29, 0.717) is 5.56 Å². The van der Waals surface area contributed by atoms with E-state index >= 15 is 0 Å². The molecule has 0 amide bonds. The second-order valence-electron chi connectivity index (χ2n) is 3.94. The highest BCUT2D eigenvalue weighted by Crippen LogP contribution is 2.25. The average molecular weight is 276 g/mol. The lowest BCUT2D eigenvalue weighted by molar-refractivity contribution is 0.192. The maximum absolute atomic E-state index is 13.1. The Hall–Kier alpha value is -1.14. The Bertz CT molecular complexity index is 497. The quantitative estimate of drug-likeness (QED) is 0.859. The molecule has 0 aliphatic heterocycles. The molecule has 18 heavy (non-hydrogen) atoms. The molecule has 0 saturated heterocycles. The van der Waals surface area contributed by atoms with E-state index in [-0.39, 0.29) is 23.9 Å². The van der Waals surface area contributed by atoms with Crippen LogP contribution in [0.2, 0.25) is 0 Å². The van der Waals surface area contributed by atoms with Crippen molar-refractivity contribution in [1.29, 1.82) is 0 Å². The Balaban J connectivity index is 2.75. The molecule has 0 fully saturated rings. The van der Waals surface area contributed by atoms with Gasteiger partial charge in [0.05, 0.1) is 11.9 Å². The fourth-order valence-corrected chi connectivity index (χ4v) is 2.03. The third-order valence-electron chi connectivity index (χ3n) is 2.52. The average Bonchev–Trinajstić information content (AvgIpc) is 2.28. The van der Waals surface area contributed by atoms with E-state index in [9.17, 15) is 17.9 Å². The predicted octanol–water partition coefficient (Wildman–Crippen LogP) is 1.69. The summed E-state index contributed by atoms with van der Waals surface area (Å²) in [5.41, 5.74) is 0.435. The van der Waals surface area contributed by atoms with Crippen molar-refractivity contribution in [2.24, 2.45) is 0 Å². The van der Waals surface area contributed by atoms with Crippen LogP contribution in [0.15, 0.2) is 18.2 Å². The van der Waals surface area contributed by atoms with Crippen LogP contribution >= 0.6 is 0 Å². The minimum atomic E-state index is -3.11. The molecule has 0 spiro atoms. The zero-order valence-electron chi connectivity index (χ0n) is 10.4. The highest BCUT2D eigenvalue weighted by Gasteiger charge is 2.12. The Kier molecular flexibility index (Phi) is 5.10. The van der Waals surface area contributed by atoms with Gasteiger partial charge in [-0.25, -0.2) is 12.8 Å². The summed E-state index contributed by atoms with van der Waals surface area (Å²) in [5.74, 6) is -0.397. The maximum Gasteiger partial charge on any atom is 0.153 e. The zero-order valence-corrected chi connectivity index (χ0v) is 11.2. The van der Waals surface area contributed by atoms with Crippen LogP contribution in [0.25, 0.3) is 0 Å². The van der Waals surface area contributed by atoms with Crippen LogP contribution in [0.4, 0.5) is 4.39 Å². The van der Waals surface area contributed by atoms with Gasteiger partial charge in [0, 0.05) is 17.4 Å². The van der Waals surface area contributed by atoms with Crippen molar-refractivity contribution < 1.29 is 22.7 Å². The van der Waals surface area contributed by atoms with Gasteiger partial charge in [0.2, 0.25) is 0 Å². The van der Waals surface area contributed by atoms with Gasteiger partial charge in [0.25, 0.3) is 0 Å². The molecule has 4 nitrogen and oxygen atoms in total. The summed E-state index contributed by atoms with van der Waals surface area (Å²) in [7, 11) is -3.11. The van der Waals surface area contributed by atoms with Crippen molar-refractivity contribution in [1.82, 2.24) is 0 Å². The van der Waals surface area contributed by atoms with Crippen LogP contribution in [0.1, 0.15) is 25.5 Å². The first-order valence-corrected chi connectivity index (χ1v) is 7.48. The summed E-state index contributed by atoms with van der Waals surface area (Å²) >= 11 is 0. The molecule has 0 heterocycles. The molecule has 6 heteroatoms. The number of aliphatic hydroxyl groups is 1. The van der Waals surface area contributed by atoms with Crippen molar-refractivity contribution in [3.63, 3.8) is 0 Å². The Morgan fingerprint density at radius 3 is 2.67 bits per heavy atom. The van der Waals surface area contributed by atoms with Gasteiger partial charge in [-0.05, 0) is 19.1 Å². The second-order valence-corrected chi connectivity index (χ2v) is 6.42. The van der Waals surface area contributed by atoms with Gasteiger partial charge < -0.3 is 9.84 Å². The number of sulfone groups is 1. The second kappa shape index (κ2) is 6.15. The standard InChI is InChI=1S/C12H17FO4S/c1-3-18(15,16)7-6-17-12-8-10(13)4-5-11(12)9(2)14/h4-5,8-9,14H,3,6-7H2,1-2H3/t9-/m1/s1. The molecule has 102 valence electrons. The van der Waals surface area contributed by atoms with Gasteiger partial charge in [0.15, 0.2) is 9.84 Å². The Morgan fingerprint density at radius 2 is 2.11 bits per heavy atom. The van der Waals surface area contributed by atoms with Gasteiger partial charge in [-0.3, -0.25) is 0 Å². The molecule has 0 radical (unpaired) electrons. The van der Waals surface area contributed by atoms with E-state index < -0.39 is 21.8 Å². The normalized spacial score (nSPS) is 13.3.